The molecule has 2 atom stereocenters. The van der Waals surface area contributed by atoms with Gasteiger partial charge < -0.3 is 19.8 Å². The van der Waals surface area contributed by atoms with E-state index < -0.39 is 11.9 Å². The lowest BCUT2D eigenvalue weighted by Crippen LogP contribution is -2.54. The number of rotatable bonds is 5. The number of piperidine rings is 1. The summed E-state index contributed by atoms with van der Waals surface area (Å²) in [6.45, 7) is 4.27. The number of hydrogen-bond donors (Lipinski definition) is 2. The van der Waals surface area contributed by atoms with Gasteiger partial charge in [-0.15, -0.1) is 12.4 Å². The van der Waals surface area contributed by atoms with Gasteiger partial charge in [0.2, 0.25) is 0 Å². The number of aliphatic hydroxyl groups is 2. The van der Waals surface area contributed by atoms with E-state index in [1.54, 1.807) is 18.2 Å². The summed E-state index contributed by atoms with van der Waals surface area (Å²) >= 11 is 0. The summed E-state index contributed by atoms with van der Waals surface area (Å²) in [5.74, 6) is -2.77. The Morgan fingerprint density at radius 3 is 2.56 bits per heavy atom. The largest absolute Gasteiger partial charge is 0.439 e. The smallest absolute Gasteiger partial charge is 0.326 e. The van der Waals surface area contributed by atoms with E-state index in [2.05, 4.69) is 11.8 Å². The summed E-state index contributed by atoms with van der Waals surface area (Å²) in [5, 5.41) is 21.7. The molecule has 1 heterocycles. The lowest BCUT2D eigenvalue weighted by Gasteiger charge is -2.43. The number of nitrogens with zero attached hydrogens (tertiary/aromatic N) is 1. The van der Waals surface area contributed by atoms with E-state index in [1.807, 2.05) is 12.1 Å². The minimum atomic E-state index is -2.30. The molecule has 0 unspecified atom stereocenters. The van der Waals surface area contributed by atoms with Crippen LogP contribution in [0.4, 0.5) is 4.39 Å². The second kappa shape index (κ2) is 7.76. The average Bonchev–Trinajstić information content (AvgIpc) is 3.40. The molecule has 1 fully saturated rings. The number of benzene rings is 2. The van der Waals surface area contributed by atoms with Crippen LogP contribution < -0.4 is 4.74 Å². The van der Waals surface area contributed by atoms with Crippen LogP contribution in [0.1, 0.15) is 36.0 Å². The summed E-state index contributed by atoms with van der Waals surface area (Å²) in [5.41, 5.74) is 3.37. The first-order valence-electron chi connectivity index (χ1n) is 9.19. The molecule has 0 radical (unpaired) electrons. The maximum Gasteiger partial charge on any atom is 0.326 e. The lowest BCUT2D eigenvalue weighted by molar-refractivity contribution is -0.331. The topological polar surface area (TPSA) is 52.9 Å². The van der Waals surface area contributed by atoms with Gasteiger partial charge in [-0.3, -0.25) is 0 Å². The number of hydrogen-bond acceptors (Lipinski definition) is 4. The van der Waals surface area contributed by atoms with Crippen molar-refractivity contribution in [3.63, 3.8) is 0 Å². The Balaban J connectivity index is 0.00000210. The fourth-order valence-electron chi connectivity index (χ4n) is 3.98. The van der Waals surface area contributed by atoms with E-state index in [1.165, 1.54) is 23.3 Å². The van der Waals surface area contributed by atoms with Gasteiger partial charge in [0.1, 0.15) is 11.6 Å². The van der Waals surface area contributed by atoms with Crippen molar-refractivity contribution in [1.29, 1.82) is 0 Å². The van der Waals surface area contributed by atoms with E-state index in [-0.39, 0.29) is 24.1 Å². The first-order valence-corrected chi connectivity index (χ1v) is 9.19. The fraction of sp³-hybridized carbons (Fsp3) is 0.429. The van der Waals surface area contributed by atoms with Crippen LogP contribution in [0.3, 0.4) is 0 Å². The highest BCUT2D eigenvalue weighted by Crippen LogP contribution is 2.40. The Morgan fingerprint density at radius 2 is 1.89 bits per heavy atom. The van der Waals surface area contributed by atoms with Gasteiger partial charge in [0.25, 0.3) is 0 Å². The van der Waals surface area contributed by atoms with Crippen LogP contribution in [0.5, 0.6) is 5.75 Å². The molecular weight excluding hydrogens is 369 g/mol. The van der Waals surface area contributed by atoms with Crippen molar-refractivity contribution < 1.29 is 19.3 Å². The molecule has 146 valence electrons. The zero-order valence-electron chi connectivity index (χ0n) is 15.3. The Kier molecular flexibility index (Phi) is 5.77. The maximum absolute atomic E-state index is 13.3. The van der Waals surface area contributed by atoms with Crippen LogP contribution in [-0.2, 0) is 6.42 Å². The van der Waals surface area contributed by atoms with Gasteiger partial charge in [0.15, 0.2) is 0 Å². The van der Waals surface area contributed by atoms with Crippen molar-refractivity contribution in [2.24, 2.45) is 5.92 Å². The highest BCUT2D eigenvalue weighted by molar-refractivity contribution is 5.85. The molecule has 0 bridgehead atoms. The molecule has 2 aromatic carbocycles. The molecule has 2 N–H and O–H groups in total. The second-order valence-electron chi connectivity index (χ2n) is 7.31. The molecule has 0 spiro atoms. The Morgan fingerprint density at radius 1 is 1.15 bits per heavy atom. The predicted octanol–water partition coefficient (Wildman–Crippen LogP) is 3.29. The van der Waals surface area contributed by atoms with Gasteiger partial charge in [-0.1, -0.05) is 25.1 Å². The molecule has 1 aliphatic carbocycles. The minimum absolute atomic E-state index is 0. The van der Waals surface area contributed by atoms with Crippen molar-refractivity contribution in [1.82, 2.24) is 4.90 Å². The highest BCUT2D eigenvalue weighted by atomic mass is 35.5. The molecule has 0 amide bonds. The third-order valence-corrected chi connectivity index (χ3v) is 5.63. The van der Waals surface area contributed by atoms with Gasteiger partial charge >= 0.3 is 5.97 Å². The zero-order chi connectivity index (χ0) is 18.3. The minimum Gasteiger partial charge on any atom is -0.439 e. The number of fused-ring (bicyclic) bond motifs is 1. The third kappa shape index (κ3) is 4.27. The van der Waals surface area contributed by atoms with Crippen LogP contribution in [0, 0.1) is 11.7 Å². The number of ether oxygens (including phenoxy) is 1. The normalized spacial score (nSPS) is 21.9. The number of halogens is 2. The van der Waals surface area contributed by atoms with E-state index in [0.29, 0.717) is 12.3 Å². The molecule has 4 nitrogen and oxygen atoms in total. The van der Waals surface area contributed by atoms with E-state index in [4.69, 9.17) is 4.74 Å². The number of likely N-dealkylation sites (tertiary alicyclic amines) is 1. The first-order chi connectivity index (χ1) is 12.5. The Hall–Kier alpha value is -1.66. The highest BCUT2D eigenvalue weighted by Gasteiger charge is 2.46. The summed E-state index contributed by atoms with van der Waals surface area (Å²) in [7, 11) is 0. The lowest BCUT2D eigenvalue weighted by atomic mass is 9.79. The van der Waals surface area contributed by atoms with Crippen molar-refractivity contribution in [3.05, 3.63) is 65.0 Å². The average molecular weight is 394 g/mol. The molecule has 0 aromatic heterocycles. The van der Waals surface area contributed by atoms with Crippen LogP contribution in [-0.4, -0.2) is 40.7 Å². The van der Waals surface area contributed by atoms with Gasteiger partial charge in [-0.2, -0.15) is 0 Å². The molecular formula is C21H25ClFNO3. The van der Waals surface area contributed by atoms with Gasteiger partial charge in [0, 0.05) is 6.54 Å². The van der Waals surface area contributed by atoms with Crippen LogP contribution >= 0.6 is 12.4 Å². The second-order valence-corrected chi connectivity index (χ2v) is 7.31. The summed E-state index contributed by atoms with van der Waals surface area (Å²) < 4.78 is 18.9. The van der Waals surface area contributed by atoms with E-state index in [0.717, 1.165) is 31.5 Å². The van der Waals surface area contributed by atoms with Crippen molar-refractivity contribution in [3.8, 4) is 5.75 Å². The zero-order valence-corrected chi connectivity index (χ0v) is 16.1. The van der Waals surface area contributed by atoms with Crippen molar-refractivity contribution in [2.45, 2.75) is 31.7 Å². The van der Waals surface area contributed by atoms with Gasteiger partial charge in [0.05, 0.1) is 5.92 Å². The Bertz CT molecular complexity index is 797. The quantitative estimate of drug-likeness (QED) is 0.653. The molecule has 2 aliphatic rings. The van der Waals surface area contributed by atoms with Gasteiger partial charge in [-0.05, 0) is 72.8 Å². The van der Waals surface area contributed by atoms with Gasteiger partial charge in [-0.25, -0.2) is 4.39 Å². The summed E-state index contributed by atoms with van der Waals surface area (Å²) in [6, 6.07) is 11.9. The van der Waals surface area contributed by atoms with Crippen LogP contribution in [0.25, 0.3) is 0 Å². The summed E-state index contributed by atoms with van der Waals surface area (Å²) in [4.78, 5) is 2.18. The molecule has 0 saturated carbocycles. The molecule has 2 aromatic rings. The molecule has 4 rings (SSSR count). The van der Waals surface area contributed by atoms with Crippen molar-refractivity contribution in [2.75, 3.05) is 19.6 Å². The summed E-state index contributed by atoms with van der Waals surface area (Å²) in [6.07, 6.45) is 1.71. The standard InChI is InChI=1S/C21H24FNO3.ClH/c1-2-23-10-9-19(14-3-6-17(22)7-4-14)20(13-23)21(24,25)26-18-8-5-15-11-16(15)12-18;/h3-8,12,19-20,24-25H,2,9-11,13H2,1H3;1H/t19-,20+;/m0./s1. The molecule has 1 saturated heterocycles. The SMILES string of the molecule is CCN1CC[C@@H](c2ccc(F)cc2)[C@H](C(O)(O)Oc2ccc3c(c2)C3)C1.Cl. The Labute approximate surface area is 165 Å². The maximum atomic E-state index is 13.3. The monoisotopic (exact) mass is 393 g/mol. The van der Waals surface area contributed by atoms with Crippen molar-refractivity contribution >= 4 is 12.4 Å². The first kappa shape index (κ1) is 20.1. The predicted molar refractivity (Wildman–Crippen MR) is 104 cm³/mol. The van der Waals surface area contributed by atoms with E-state index in [9.17, 15) is 14.6 Å². The molecule has 1 aliphatic heterocycles. The van der Waals surface area contributed by atoms with Crippen LogP contribution in [0.2, 0.25) is 0 Å². The van der Waals surface area contributed by atoms with E-state index >= 15 is 0 Å². The third-order valence-electron chi connectivity index (χ3n) is 5.63. The fourth-order valence-corrected chi connectivity index (χ4v) is 3.98. The van der Waals surface area contributed by atoms with Crippen LogP contribution in [0.15, 0.2) is 42.5 Å². The molecule has 6 heteroatoms. The molecule has 27 heavy (non-hydrogen) atoms.